The van der Waals surface area contributed by atoms with Crippen LogP contribution >= 0.6 is 0 Å². The smallest absolute Gasteiger partial charge is 0.222 e. The molecule has 25 heavy (non-hydrogen) atoms. The van der Waals surface area contributed by atoms with Crippen molar-refractivity contribution in [2.75, 3.05) is 24.3 Å². The Kier molecular flexibility index (Phi) is 6.56. The molecular formula is C19H27FN4O. The van der Waals surface area contributed by atoms with Gasteiger partial charge in [0.1, 0.15) is 11.6 Å². The second-order valence-electron chi connectivity index (χ2n) is 6.30. The van der Waals surface area contributed by atoms with E-state index in [4.69, 9.17) is 10.5 Å². The molecule has 0 bridgehead atoms. The molecule has 1 aromatic rings. The fraction of sp³-hybridized carbons (Fsp3) is 0.474. The van der Waals surface area contributed by atoms with Gasteiger partial charge in [-0.05, 0) is 38.8 Å². The average Bonchev–Trinajstić information content (AvgIpc) is 2.79. The molecule has 0 amide bonds. The Morgan fingerprint density at radius 2 is 2.12 bits per heavy atom. The maximum Gasteiger partial charge on any atom is 0.222 e. The van der Waals surface area contributed by atoms with Crippen molar-refractivity contribution in [1.29, 1.82) is 0 Å². The highest BCUT2D eigenvalue weighted by atomic mass is 19.1. The first-order chi connectivity index (χ1) is 11.9. The SMILES string of the molecule is C=C(/C(=C\C=C(/C)F)OC)[C@H]1CCCCCN1c1cc(C)nc(N)n1. The quantitative estimate of drug-likeness (QED) is 0.643. The van der Waals surface area contributed by atoms with Crippen molar-refractivity contribution in [3.63, 3.8) is 0 Å². The first-order valence-electron chi connectivity index (χ1n) is 8.57. The standard InChI is InChI=1S/C19H27FN4O/c1-13(20)9-10-17(25-4)15(3)16-8-6-5-7-11-24(16)18-12-14(2)22-19(21)23-18/h9-10,12,16H,3,5-8,11H2,1-2,4H3,(H2,21,22,23)/b13-9+,17-10+/t16-/m1/s1. The zero-order valence-corrected chi connectivity index (χ0v) is 15.3. The van der Waals surface area contributed by atoms with Gasteiger partial charge in [0.15, 0.2) is 0 Å². The Hall–Kier alpha value is -2.37. The summed E-state index contributed by atoms with van der Waals surface area (Å²) in [6.07, 6.45) is 7.26. The zero-order chi connectivity index (χ0) is 18.4. The van der Waals surface area contributed by atoms with Crippen LogP contribution in [-0.4, -0.2) is 29.7 Å². The van der Waals surface area contributed by atoms with Gasteiger partial charge in [0.25, 0.3) is 0 Å². The van der Waals surface area contributed by atoms with Crippen LogP contribution in [0.15, 0.2) is 42.0 Å². The summed E-state index contributed by atoms with van der Waals surface area (Å²) in [5.74, 6) is 1.36. The molecule has 1 fully saturated rings. The van der Waals surface area contributed by atoms with E-state index >= 15 is 0 Å². The van der Waals surface area contributed by atoms with Crippen molar-refractivity contribution < 1.29 is 9.13 Å². The van der Waals surface area contributed by atoms with E-state index in [1.54, 1.807) is 13.2 Å². The van der Waals surface area contributed by atoms with Gasteiger partial charge in [0, 0.05) is 23.9 Å². The molecule has 0 unspecified atom stereocenters. The number of nitrogen functional groups attached to an aromatic ring is 1. The van der Waals surface area contributed by atoms with E-state index in [-0.39, 0.29) is 17.8 Å². The Balaban J connectivity index is 2.38. The van der Waals surface area contributed by atoms with Crippen LogP contribution in [0.4, 0.5) is 16.2 Å². The Morgan fingerprint density at radius 1 is 1.36 bits per heavy atom. The third-order valence-corrected chi connectivity index (χ3v) is 4.31. The number of aromatic nitrogens is 2. The Morgan fingerprint density at radius 3 is 2.76 bits per heavy atom. The third-order valence-electron chi connectivity index (χ3n) is 4.31. The number of rotatable bonds is 5. The molecule has 0 radical (unpaired) electrons. The number of anilines is 2. The normalized spacial score (nSPS) is 19.5. The van der Waals surface area contributed by atoms with Crippen LogP contribution in [0.25, 0.3) is 0 Å². The summed E-state index contributed by atoms with van der Waals surface area (Å²) in [6, 6.07) is 1.96. The van der Waals surface area contributed by atoms with E-state index in [0.29, 0.717) is 5.76 Å². The maximum atomic E-state index is 13.1. The number of hydrogen-bond acceptors (Lipinski definition) is 5. The minimum Gasteiger partial charge on any atom is -0.496 e. The summed E-state index contributed by atoms with van der Waals surface area (Å²) >= 11 is 0. The second-order valence-corrected chi connectivity index (χ2v) is 6.30. The Bertz CT molecular complexity index is 660. The fourth-order valence-corrected chi connectivity index (χ4v) is 3.13. The number of hydrogen-bond donors (Lipinski definition) is 1. The summed E-state index contributed by atoms with van der Waals surface area (Å²) in [6.45, 7) is 8.39. The maximum absolute atomic E-state index is 13.1. The van der Waals surface area contributed by atoms with Crippen LogP contribution in [0.3, 0.4) is 0 Å². The largest absolute Gasteiger partial charge is 0.496 e. The van der Waals surface area contributed by atoms with Gasteiger partial charge in [0.05, 0.1) is 19.0 Å². The molecule has 6 heteroatoms. The molecule has 2 heterocycles. The Labute approximate surface area is 149 Å². The molecule has 1 aliphatic heterocycles. The van der Waals surface area contributed by atoms with Crippen molar-refractivity contribution in [2.45, 2.75) is 45.6 Å². The van der Waals surface area contributed by atoms with Crippen molar-refractivity contribution in [3.8, 4) is 0 Å². The van der Waals surface area contributed by atoms with Gasteiger partial charge in [-0.3, -0.25) is 0 Å². The van der Waals surface area contributed by atoms with Crippen LogP contribution in [0.5, 0.6) is 0 Å². The zero-order valence-electron chi connectivity index (χ0n) is 15.3. The number of methoxy groups -OCH3 is 1. The van der Waals surface area contributed by atoms with E-state index < -0.39 is 0 Å². The lowest BCUT2D eigenvalue weighted by Gasteiger charge is -2.33. The number of allylic oxidation sites excluding steroid dienone is 3. The molecule has 0 aromatic carbocycles. The number of nitrogens with two attached hydrogens (primary N) is 1. The summed E-state index contributed by atoms with van der Waals surface area (Å²) in [7, 11) is 1.58. The van der Waals surface area contributed by atoms with Crippen LogP contribution in [0.2, 0.25) is 0 Å². The summed E-state index contributed by atoms with van der Waals surface area (Å²) < 4.78 is 18.5. The monoisotopic (exact) mass is 346 g/mol. The number of halogens is 1. The highest BCUT2D eigenvalue weighted by Gasteiger charge is 2.27. The summed E-state index contributed by atoms with van der Waals surface area (Å²) in [5.41, 5.74) is 7.48. The lowest BCUT2D eigenvalue weighted by atomic mass is 10.00. The summed E-state index contributed by atoms with van der Waals surface area (Å²) in [5, 5.41) is 0. The minimum absolute atomic E-state index is 0.0238. The second kappa shape index (κ2) is 8.65. The number of aryl methyl sites for hydroxylation is 1. The molecule has 1 aromatic heterocycles. The van der Waals surface area contributed by atoms with E-state index in [9.17, 15) is 4.39 Å². The molecule has 0 aliphatic carbocycles. The first kappa shape index (κ1) is 19.0. The molecule has 136 valence electrons. The van der Waals surface area contributed by atoms with Crippen molar-refractivity contribution >= 4 is 11.8 Å². The first-order valence-corrected chi connectivity index (χ1v) is 8.57. The fourth-order valence-electron chi connectivity index (χ4n) is 3.13. The molecule has 0 spiro atoms. The highest BCUT2D eigenvalue weighted by molar-refractivity contribution is 5.49. The topological polar surface area (TPSA) is 64.3 Å². The third kappa shape index (κ3) is 5.05. The number of ether oxygens (including phenoxy) is 1. The average molecular weight is 346 g/mol. The predicted molar refractivity (Wildman–Crippen MR) is 99.9 cm³/mol. The van der Waals surface area contributed by atoms with Crippen molar-refractivity contribution in [2.24, 2.45) is 0 Å². The van der Waals surface area contributed by atoms with Gasteiger partial charge in [-0.25, -0.2) is 9.37 Å². The van der Waals surface area contributed by atoms with Crippen LogP contribution in [-0.2, 0) is 4.74 Å². The molecule has 1 saturated heterocycles. The van der Waals surface area contributed by atoms with Crippen molar-refractivity contribution in [3.05, 3.63) is 47.7 Å². The predicted octanol–water partition coefficient (Wildman–Crippen LogP) is 4.08. The van der Waals surface area contributed by atoms with E-state index in [2.05, 4.69) is 21.4 Å². The molecular weight excluding hydrogens is 319 g/mol. The van der Waals surface area contributed by atoms with Gasteiger partial charge in [-0.1, -0.05) is 19.4 Å². The summed E-state index contributed by atoms with van der Waals surface area (Å²) in [4.78, 5) is 10.8. The van der Waals surface area contributed by atoms with Gasteiger partial charge in [0.2, 0.25) is 5.95 Å². The molecule has 1 atom stereocenters. The van der Waals surface area contributed by atoms with Gasteiger partial charge < -0.3 is 15.4 Å². The minimum atomic E-state index is -0.278. The molecule has 2 rings (SSSR count). The molecule has 2 N–H and O–H groups in total. The van der Waals surface area contributed by atoms with E-state index in [0.717, 1.165) is 49.3 Å². The number of nitrogens with zero attached hydrogens (tertiary/aromatic N) is 3. The molecule has 1 aliphatic rings. The highest BCUT2D eigenvalue weighted by Crippen LogP contribution is 2.30. The van der Waals surface area contributed by atoms with Crippen LogP contribution in [0.1, 0.15) is 38.3 Å². The van der Waals surface area contributed by atoms with Gasteiger partial charge in [-0.2, -0.15) is 4.98 Å². The van der Waals surface area contributed by atoms with Crippen LogP contribution < -0.4 is 10.6 Å². The molecule has 5 nitrogen and oxygen atoms in total. The van der Waals surface area contributed by atoms with Gasteiger partial charge in [-0.15, -0.1) is 0 Å². The molecule has 0 saturated carbocycles. The van der Waals surface area contributed by atoms with Crippen LogP contribution in [0, 0.1) is 6.92 Å². The van der Waals surface area contributed by atoms with Crippen molar-refractivity contribution in [1.82, 2.24) is 9.97 Å². The lowest BCUT2D eigenvalue weighted by Crippen LogP contribution is -2.37. The van der Waals surface area contributed by atoms with Gasteiger partial charge >= 0.3 is 0 Å². The van der Waals surface area contributed by atoms with E-state index in [1.807, 2.05) is 13.0 Å². The lowest BCUT2D eigenvalue weighted by molar-refractivity contribution is 0.295. The van der Waals surface area contributed by atoms with E-state index in [1.165, 1.54) is 13.0 Å².